The standard InChI is InChI=1S/C17H20N2O3/c1-13-4-3-5-16(12-13)22-11-10-18-17(20)19-14-6-8-15(21-2)9-7-14/h3-9,12H,10-11H2,1-2H3,(H2,18,19,20). The number of methoxy groups -OCH3 is 1. The zero-order chi connectivity index (χ0) is 15.8. The molecule has 2 N–H and O–H groups in total. The van der Waals surface area contributed by atoms with Crippen molar-refractivity contribution in [3.8, 4) is 11.5 Å². The minimum Gasteiger partial charge on any atom is -0.497 e. The molecule has 0 saturated heterocycles. The summed E-state index contributed by atoms with van der Waals surface area (Å²) < 4.78 is 10.6. The van der Waals surface area contributed by atoms with Crippen molar-refractivity contribution in [3.63, 3.8) is 0 Å². The third-order valence-electron chi connectivity index (χ3n) is 2.99. The third kappa shape index (κ3) is 5.01. The molecule has 0 bridgehead atoms. The molecule has 0 aromatic heterocycles. The first-order valence-electron chi connectivity index (χ1n) is 7.06. The lowest BCUT2D eigenvalue weighted by Crippen LogP contribution is -2.32. The fraction of sp³-hybridized carbons (Fsp3) is 0.235. The molecule has 0 aliphatic rings. The van der Waals surface area contributed by atoms with Crippen LogP contribution in [-0.2, 0) is 0 Å². The second-order valence-corrected chi connectivity index (χ2v) is 4.77. The quantitative estimate of drug-likeness (QED) is 0.805. The van der Waals surface area contributed by atoms with Gasteiger partial charge in [0, 0.05) is 5.69 Å². The van der Waals surface area contributed by atoms with E-state index in [0.29, 0.717) is 18.8 Å². The van der Waals surface area contributed by atoms with Crippen LogP contribution < -0.4 is 20.1 Å². The van der Waals surface area contributed by atoms with Crippen molar-refractivity contribution in [1.29, 1.82) is 0 Å². The third-order valence-corrected chi connectivity index (χ3v) is 2.99. The van der Waals surface area contributed by atoms with E-state index in [1.807, 2.05) is 31.2 Å². The van der Waals surface area contributed by atoms with E-state index in [4.69, 9.17) is 9.47 Å². The van der Waals surface area contributed by atoms with Gasteiger partial charge in [0.15, 0.2) is 0 Å². The van der Waals surface area contributed by atoms with Gasteiger partial charge in [0.05, 0.1) is 13.7 Å². The van der Waals surface area contributed by atoms with Crippen LogP contribution in [0.15, 0.2) is 48.5 Å². The van der Waals surface area contributed by atoms with E-state index in [-0.39, 0.29) is 6.03 Å². The van der Waals surface area contributed by atoms with Gasteiger partial charge in [0.2, 0.25) is 0 Å². The molecule has 5 heteroatoms. The molecule has 5 nitrogen and oxygen atoms in total. The minimum atomic E-state index is -0.266. The Morgan fingerprint density at radius 3 is 2.55 bits per heavy atom. The highest BCUT2D eigenvalue weighted by atomic mass is 16.5. The number of carbonyl (C=O) groups is 1. The summed E-state index contributed by atoms with van der Waals surface area (Å²) in [5.74, 6) is 1.55. The Morgan fingerprint density at radius 1 is 1.09 bits per heavy atom. The van der Waals surface area contributed by atoms with E-state index in [1.54, 1.807) is 31.4 Å². The van der Waals surface area contributed by atoms with Gasteiger partial charge in [0.25, 0.3) is 0 Å². The van der Waals surface area contributed by atoms with E-state index >= 15 is 0 Å². The number of carbonyl (C=O) groups excluding carboxylic acids is 1. The maximum absolute atomic E-state index is 11.7. The Morgan fingerprint density at radius 2 is 1.86 bits per heavy atom. The molecule has 0 atom stereocenters. The van der Waals surface area contributed by atoms with E-state index in [9.17, 15) is 4.79 Å². The first kappa shape index (κ1) is 15.7. The smallest absolute Gasteiger partial charge is 0.319 e. The van der Waals surface area contributed by atoms with Crippen molar-refractivity contribution in [3.05, 3.63) is 54.1 Å². The van der Waals surface area contributed by atoms with E-state index < -0.39 is 0 Å². The molecule has 0 radical (unpaired) electrons. The average molecular weight is 300 g/mol. The lowest BCUT2D eigenvalue weighted by atomic mass is 10.2. The number of aryl methyl sites for hydroxylation is 1. The summed E-state index contributed by atoms with van der Waals surface area (Å²) in [6.45, 7) is 2.85. The van der Waals surface area contributed by atoms with Gasteiger partial charge in [-0.1, -0.05) is 12.1 Å². The lowest BCUT2D eigenvalue weighted by molar-refractivity contribution is 0.247. The number of nitrogens with one attached hydrogen (secondary N) is 2. The van der Waals surface area contributed by atoms with Crippen molar-refractivity contribution in [2.75, 3.05) is 25.6 Å². The molecule has 2 aromatic rings. The highest BCUT2D eigenvalue weighted by Gasteiger charge is 2.01. The highest BCUT2D eigenvalue weighted by Crippen LogP contribution is 2.14. The van der Waals surface area contributed by atoms with Crippen molar-refractivity contribution in [2.45, 2.75) is 6.92 Å². The molecule has 0 saturated carbocycles. The predicted octanol–water partition coefficient (Wildman–Crippen LogP) is 3.20. The van der Waals surface area contributed by atoms with Crippen LogP contribution >= 0.6 is 0 Å². The average Bonchev–Trinajstić information content (AvgIpc) is 2.52. The SMILES string of the molecule is COc1ccc(NC(=O)NCCOc2cccc(C)c2)cc1. The molecule has 22 heavy (non-hydrogen) atoms. The molecule has 0 aliphatic heterocycles. The molecule has 116 valence electrons. The molecule has 2 aromatic carbocycles. The Hall–Kier alpha value is -2.69. The van der Waals surface area contributed by atoms with Gasteiger partial charge in [-0.3, -0.25) is 0 Å². The zero-order valence-corrected chi connectivity index (χ0v) is 12.8. The summed E-state index contributed by atoms with van der Waals surface area (Å²) in [6.07, 6.45) is 0. The maximum Gasteiger partial charge on any atom is 0.319 e. The summed E-state index contributed by atoms with van der Waals surface area (Å²) in [6, 6.07) is 14.7. The Bertz CT molecular complexity index is 612. The maximum atomic E-state index is 11.7. The van der Waals surface area contributed by atoms with Crippen molar-refractivity contribution < 1.29 is 14.3 Å². The van der Waals surface area contributed by atoms with Crippen LogP contribution in [0.4, 0.5) is 10.5 Å². The molecule has 2 rings (SSSR count). The first-order valence-corrected chi connectivity index (χ1v) is 7.06. The van der Waals surface area contributed by atoms with Gasteiger partial charge in [-0.05, 0) is 48.9 Å². The van der Waals surface area contributed by atoms with Gasteiger partial charge in [0.1, 0.15) is 18.1 Å². The summed E-state index contributed by atoms with van der Waals surface area (Å²) in [5.41, 5.74) is 1.85. The van der Waals surface area contributed by atoms with Crippen LogP contribution in [0, 0.1) is 6.92 Å². The van der Waals surface area contributed by atoms with Crippen molar-refractivity contribution >= 4 is 11.7 Å². The molecule has 0 heterocycles. The van der Waals surface area contributed by atoms with Crippen LogP contribution in [0.25, 0.3) is 0 Å². The molecule has 0 aliphatic carbocycles. The van der Waals surface area contributed by atoms with Crippen LogP contribution in [0.3, 0.4) is 0 Å². The van der Waals surface area contributed by atoms with E-state index in [2.05, 4.69) is 10.6 Å². The molecule has 0 unspecified atom stereocenters. The predicted molar refractivity (Wildman–Crippen MR) is 86.7 cm³/mol. The lowest BCUT2D eigenvalue weighted by Gasteiger charge is -2.09. The number of rotatable bonds is 6. The number of ether oxygens (including phenoxy) is 2. The molecule has 2 amide bonds. The summed E-state index contributed by atoms with van der Waals surface area (Å²) in [4.78, 5) is 11.7. The summed E-state index contributed by atoms with van der Waals surface area (Å²) >= 11 is 0. The van der Waals surface area contributed by atoms with Gasteiger partial charge >= 0.3 is 6.03 Å². The van der Waals surface area contributed by atoms with Crippen molar-refractivity contribution in [1.82, 2.24) is 5.32 Å². The first-order chi connectivity index (χ1) is 10.7. The number of benzene rings is 2. The van der Waals surface area contributed by atoms with Gasteiger partial charge in [-0.2, -0.15) is 0 Å². The number of anilines is 1. The van der Waals surface area contributed by atoms with Crippen LogP contribution in [0.1, 0.15) is 5.56 Å². The zero-order valence-electron chi connectivity index (χ0n) is 12.8. The number of hydrogen-bond acceptors (Lipinski definition) is 3. The van der Waals surface area contributed by atoms with Gasteiger partial charge in [-0.25, -0.2) is 4.79 Å². The van der Waals surface area contributed by atoms with E-state index in [0.717, 1.165) is 17.1 Å². The second-order valence-electron chi connectivity index (χ2n) is 4.77. The van der Waals surface area contributed by atoms with Crippen molar-refractivity contribution in [2.24, 2.45) is 0 Å². The topological polar surface area (TPSA) is 59.6 Å². The minimum absolute atomic E-state index is 0.266. The van der Waals surface area contributed by atoms with Gasteiger partial charge in [-0.15, -0.1) is 0 Å². The van der Waals surface area contributed by atoms with Crippen LogP contribution in [0.5, 0.6) is 11.5 Å². The Balaban J connectivity index is 1.69. The fourth-order valence-electron chi connectivity index (χ4n) is 1.89. The largest absolute Gasteiger partial charge is 0.497 e. The summed E-state index contributed by atoms with van der Waals surface area (Å²) in [7, 11) is 1.60. The van der Waals surface area contributed by atoms with Crippen LogP contribution in [0.2, 0.25) is 0 Å². The molecular weight excluding hydrogens is 280 g/mol. The fourth-order valence-corrected chi connectivity index (χ4v) is 1.89. The summed E-state index contributed by atoms with van der Waals surface area (Å²) in [5, 5.41) is 5.48. The normalized spacial score (nSPS) is 9.91. The number of urea groups is 1. The Kier molecular flexibility index (Phi) is 5.65. The number of hydrogen-bond donors (Lipinski definition) is 2. The number of amides is 2. The second kappa shape index (κ2) is 7.93. The van der Waals surface area contributed by atoms with Gasteiger partial charge < -0.3 is 20.1 Å². The highest BCUT2D eigenvalue weighted by molar-refractivity contribution is 5.89. The molecule has 0 spiro atoms. The molecule has 0 fully saturated rings. The monoisotopic (exact) mass is 300 g/mol. The molecular formula is C17H20N2O3. The Labute approximate surface area is 130 Å². The van der Waals surface area contributed by atoms with E-state index in [1.165, 1.54) is 0 Å². The van der Waals surface area contributed by atoms with Crippen LogP contribution in [-0.4, -0.2) is 26.3 Å².